The molecule has 1 aromatic carbocycles. The lowest BCUT2D eigenvalue weighted by molar-refractivity contribution is 0.264. The quantitative estimate of drug-likeness (QED) is 0.793. The number of hydrogen-bond donors (Lipinski definition) is 0. The van der Waals surface area contributed by atoms with Crippen molar-refractivity contribution in [3.05, 3.63) is 29.3 Å². The zero-order chi connectivity index (χ0) is 17.7. The zero-order valence-electron chi connectivity index (χ0n) is 14.4. The Labute approximate surface area is 150 Å². The van der Waals surface area contributed by atoms with Crippen molar-refractivity contribution in [2.75, 3.05) is 24.6 Å². The lowest BCUT2D eigenvalue weighted by atomic mass is 9.92. The van der Waals surface area contributed by atoms with Gasteiger partial charge in [0.05, 0.1) is 21.7 Å². The summed E-state index contributed by atoms with van der Waals surface area (Å²) in [5, 5.41) is -0.836. The van der Waals surface area contributed by atoms with E-state index in [0.29, 0.717) is 4.90 Å². The molecule has 0 N–H and O–H groups in total. The summed E-state index contributed by atoms with van der Waals surface area (Å²) in [7, 11) is -6.96. The Hall–Kier alpha value is -0.920. The molecule has 0 amide bonds. The van der Waals surface area contributed by atoms with Crippen LogP contribution in [0.25, 0.3) is 0 Å². The van der Waals surface area contributed by atoms with Gasteiger partial charge in [-0.1, -0.05) is 6.07 Å². The number of rotatable bonds is 3. The Morgan fingerprint density at radius 1 is 0.920 bits per heavy atom. The first kappa shape index (κ1) is 17.5. The summed E-state index contributed by atoms with van der Waals surface area (Å²) in [6.45, 7) is 1.60. The summed E-state index contributed by atoms with van der Waals surface area (Å²) in [5.74, 6) is -0.268. The first-order valence-corrected chi connectivity index (χ1v) is 12.5. The van der Waals surface area contributed by atoms with Crippen molar-refractivity contribution >= 4 is 19.7 Å². The number of aryl methyl sites for hydroxylation is 2. The van der Waals surface area contributed by atoms with Crippen molar-refractivity contribution in [2.45, 2.75) is 54.7 Å². The Morgan fingerprint density at radius 2 is 1.60 bits per heavy atom. The van der Waals surface area contributed by atoms with E-state index in [1.54, 1.807) is 12.1 Å². The minimum Gasteiger partial charge on any atom is -0.298 e. The molecule has 2 saturated heterocycles. The summed E-state index contributed by atoms with van der Waals surface area (Å²) in [5.41, 5.74) is 2.35. The van der Waals surface area contributed by atoms with Gasteiger partial charge >= 0.3 is 0 Å². The van der Waals surface area contributed by atoms with Crippen molar-refractivity contribution in [3.8, 4) is 0 Å². The van der Waals surface area contributed by atoms with E-state index >= 15 is 0 Å². The second-order valence-corrected chi connectivity index (χ2v) is 11.9. The normalized spacial score (nSPS) is 29.6. The average molecular weight is 384 g/mol. The number of benzene rings is 1. The lowest BCUT2D eigenvalue weighted by Gasteiger charge is -2.28. The summed E-state index contributed by atoms with van der Waals surface area (Å²) < 4.78 is 51.0. The second kappa shape index (κ2) is 6.35. The van der Waals surface area contributed by atoms with Crippen LogP contribution >= 0.6 is 0 Å². The number of hydrogen-bond acceptors (Lipinski definition) is 5. The molecule has 25 heavy (non-hydrogen) atoms. The molecule has 0 radical (unpaired) electrons. The van der Waals surface area contributed by atoms with E-state index in [9.17, 15) is 16.8 Å². The largest absolute Gasteiger partial charge is 0.298 e. The highest BCUT2D eigenvalue weighted by molar-refractivity contribution is 7.96. The number of likely N-dealkylation sites (tertiary alicyclic amines) is 1. The molecule has 7 heteroatoms. The molecule has 2 heterocycles. The van der Waals surface area contributed by atoms with E-state index in [2.05, 4.69) is 4.90 Å². The van der Waals surface area contributed by atoms with Gasteiger partial charge in [-0.15, -0.1) is 0 Å². The summed E-state index contributed by atoms with van der Waals surface area (Å²) in [4.78, 5) is 2.38. The van der Waals surface area contributed by atoms with Gasteiger partial charge in [0, 0.05) is 6.04 Å². The maximum atomic E-state index is 13.3. The van der Waals surface area contributed by atoms with Crippen LogP contribution in [0.5, 0.6) is 0 Å². The van der Waals surface area contributed by atoms with Gasteiger partial charge in [-0.2, -0.15) is 0 Å². The van der Waals surface area contributed by atoms with Gasteiger partial charge in [-0.25, -0.2) is 16.8 Å². The minimum atomic E-state index is -3.65. The fourth-order valence-electron chi connectivity index (χ4n) is 4.57. The molecule has 1 aliphatic carbocycles. The zero-order valence-corrected chi connectivity index (χ0v) is 16.0. The SMILES string of the molecule is O=S1(=O)C[C@H](N2CCCC2)[C@@H](S(=O)(=O)c2ccc3c(c2)CCCC3)C1. The standard InChI is InChI=1S/C18H25NO4S2/c20-24(21)12-17(19-9-3-4-10-19)18(13-24)25(22,23)16-8-7-14-5-1-2-6-15(14)11-16/h7-8,11,17-18H,1-6,9-10,12-13H2/t17-,18-/m0/s1. The number of fused-ring (bicyclic) bond motifs is 1. The monoisotopic (exact) mass is 383 g/mol. The van der Waals surface area contributed by atoms with Gasteiger partial charge in [0.1, 0.15) is 0 Å². The third kappa shape index (κ3) is 3.26. The molecule has 5 nitrogen and oxygen atoms in total. The van der Waals surface area contributed by atoms with E-state index in [-0.39, 0.29) is 11.5 Å². The van der Waals surface area contributed by atoms with Crippen LogP contribution < -0.4 is 0 Å². The van der Waals surface area contributed by atoms with Gasteiger partial charge in [0.2, 0.25) is 0 Å². The van der Waals surface area contributed by atoms with Crippen LogP contribution in [0, 0.1) is 0 Å². The summed E-state index contributed by atoms with van der Waals surface area (Å²) >= 11 is 0. The predicted molar refractivity (Wildman–Crippen MR) is 97.3 cm³/mol. The minimum absolute atomic E-state index is 0.0260. The predicted octanol–water partition coefficient (Wildman–Crippen LogP) is 1.60. The van der Waals surface area contributed by atoms with E-state index in [4.69, 9.17) is 0 Å². The Morgan fingerprint density at radius 3 is 2.32 bits per heavy atom. The number of nitrogens with zero attached hydrogens (tertiary/aromatic N) is 1. The molecule has 0 spiro atoms. The van der Waals surface area contributed by atoms with Crippen LogP contribution in [-0.4, -0.2) is 57.6 Å². The lowest BCUT2D eigenvalue weighted by Crippen LogP contribution is -2.45. The molecule has 0 saturated carbocycles. The first-order valence-electron chi connectivity index (χ1n) is 9.17. The molecule has 1 aromatic rings. The molecule has 2 fully saturated rings. The van der Waals surface area contributed by atoms with Crippen LogP contribution in [0.3, 0.4) is 0 Å². The summed E-state index contributed by atoms with van der Waals surface area (Å²) in [6.07, 6.45) is 6.19. The van der Waals surface area contributed by atoms with Gasteiger partial charge in [0.25, 0.3) is 0 Å². The topological polar surface area (TPSA) is 71.5 Å². The molecule has 0 aromatic heterocycles. The Kier molecular flexibility index (Phi) is 4.45. The third-order valence-electron chi connectivity index (χ3n) is 5.93. The summed E-state index contributed by atoms with van der Waals surface area (Å²) in [6, 6.07) is 5.02. The molecule has 0 unspecified atom stereocenters. The van der Waals surface area contributed by atoms with Crippen LogP contribution in [-0.2, 0) is 32.5 Å². The highest BCUT2D eigenvalue weighted by Crippen LogP contribution is 2.32. The van der Waals surface area contributed by atoms with Crippen molar-refractivity contribution in [1.29, 1.82) is 0 Å². The highest BCUT2D eigenvalue weighted by atomic mass is 32.2. The molecule has 2 aliphatic heterocycles. The van der Waals surface area contributed by atoms with Crippen LogP contribution in [0.2, 0.25) is 0 Å². The number of sulfone groups is 2. The van der Waals surface area contributed by atoms with Crippen molar-refractivity contribution in [3.63, 3.8) is 0 Å². The molecular formula is C18H25NO4S2. The van der Waals surface area contributed by atoms with Gasteiger partial charge in [-0.3, -0.25) is 4.90 Å². The van der Waals surface area contributed by atoms with E-state index in [1.807, 2.05) is 6.07 Å². The van der Waals surface area contributed by atoms with Crippen molar-refractivity contribution < 1.29 is 16.8 Å². The maximum Gasteiger partial charge on any atom is 0.183 e. The molecule has 3 aliphatic rings. The second-order valence-electron chi connectivity index (χ2n) is 7.61. The van der Waals surface area contributed by atoms with Crippen molar-refractivity contribution in [2.24, 2.45) is 0 Å². The highest BCUT2D eigenvalue weighted by Gasteiger charge is 2.48. The molecule has 138 valence electrons. The molecule has 0 bridgehead atoms. The van der Waals surface area contributed by atoms with Gasteiger partial charge < -0.3 is 0 Å². The van der Waals surface area contributed by atoms with Crippen LogP contribution in [0.15, 0.2) is 23.1 Å². The van der Waals surface area contributed by atoms with E-state index in [0.717, 1.165) is 57.2 Å². The molecule has 4 rings (SSSR count). The van der Waals surface area contributed by atoms with Gasteiger partial charge in [-0.05, 0) is 74.9 Å². The first-order chi connectivity index (χ1) is 11.9. The third-order valence-corrected chi connectivity index (χ3v) is 10.0. The fourth-order valence-corrected chi connectivity index (χ4v) is 9.45. The Bertz CT molecular complexity index is 870. The smallest absolute Gasteiger partial charge is 0.183 e. The fraction of sp³-hybridized carbons (Fsp3) is 0.667. The van der Waals surface area contributed by atoms with Crippen molar-refractivity contribution in [1.82, 2.24) is 4.90 Å². The van der Waals surface area contributed by atoms with E-state index < -0.39 is 31.0 Å². The molecular weight excluding hydrogens is 358 g/mol. The van der Waals surface area contributed by atoms with Gasteiger partial charge in [0.15, 0.2) is 19.7 Å². The molecule has 2 atom stereocenters. The Balaban J connectivity index is 1.70. The van der Waals surface area contributed by atoms with Crippen LogP contribution in [0.1, 0.15) is 36.8 Å². The van der Waals surface area contributed by atoms with E-state index in [1.165, 1.54) is 5.56 Å². The van der Waals surface area contributed by atoms with Crippen LogP contribution in [0.4, 0.5) is 0 Å². The maximum absolute atomic E-state index is 13.3. The average Bonchev–Trinajstić information content (AvgIpc) is 3.21.